The van der Waals surface area contributed by atoms with Crippen LogP contribution in [0.2, 0.25) is 0 Å². The molecule has 2 rings (SSSR count). The van der Waals surface area contributed by atoms with Gasteiger partial charge in [-0.15, -0.1) is 0 Å². The van der Waals surface area contributed by atoms with Gasteiger partial charge in [-0.3, -0.25) is 4.79 Å². The molecule has 0 spiro atoms. The Morgan fingerprint density at radius 2 is 2.00 bits per heavy atom. The normalized spacial score (nSPS) is 19.1. The summed E-state index contributed by atoms with van der Waals surface area (Å²) in [5.41, 5.74) is 0.980. The Balaban J connectivity index is 2.15. The zero-order chi connectivity index (χ0) is 13.1. The van der Waals surface area contributed by atoms with E-state index in [9.17, 15) is 14.7 Å². The molecule has 0 unspecified atom stereocenters. The van der Waals surface area contributed by atoms with Gasteiger partial charge in [0, 0.05) is 5.57 Å². The number of carbonyl (C=O) groups is 1. The molecule has 1 atom stereocenters. The molecule has 0 heterocycles. The van der Waals surface area contributed by atoms with Gasteiger partial charge in [0.25, 0.3) is 0 Å². The third-order valence-corrected chi connectivity index (χ3v) is 2.83. The Kier molecular flexibility index (Phi) is 3.42. The number of carbonyl (C=O) groups excluding carboxylic acids is 2. The van der Waals surface area contributed by atoms with Gasteiger partial charge < -0.3 is 9.84 Å². The molecule has 0 aliphatic heterocycles. The number of Topliss-reactive ketones (excluding diaryl/α,β-unsaturated/α-hetero) is 1. The van der Waals surface area contributed by atoms with Crippen molar-refractivity contribution in [3.05, 3.63) is 52.8 Å². The van der Waals surface area contributed by atoms with Gasteiger partial charge >= 0.3 is 0 Å². The largest absolute Gasteiger partial charge is 0.485 e. The van der Waals surface area contributed by atoms with Crippen molar-refractivity contribution in [2.24, 2.45) is 0 Å². The lowest BCUT2D eigenvalue weighted by Gasteiger charge is -2.06. The van der Waals surface area contributed by atoms with E-state index >= 15 is 0 Å². The van der Waals surface area contributed by atoms with Crippen LogP contribution in [0.3, 0.4) is 0 Å². The van der Waals surface area contributed by atoms with Crippen LogP contribution in [0.25, 0.3) is 0 Å². The lowest BCUT2D eigenvalue weighted by molar-refractivity contribution is -0.115. The van der Waals surface area contributed by atoms with E-state index in [2.05, 4.69) is 0 Å². The van der Waals surface area contributed by atoms with Crippen LogP contribution in [0.4, 0.5) is 0 Å². The fraction of sp³-hybridized carbons (Fsp3) is 0.214. The van der Waals surface area contributed by atoms with Crippen molar-refractivity contribution >= 4 is 11.7 Å². The van der Waals surface area contributed by atoms with E-state index in [0.717, 1.165) is 5.56 Å². The molecule has 1 aromatic carbocycles. The zero-order valence-corrected chi connectivity index (χ0v) is 9.84. The second-order valence-electron chi connectivity index (χ2n) is 4.03. The van der Waals surface area contributed by atoms with Crippen molar-refractivity contribution in [2.75, 3.05) is 0 Å². The van der Waals surface area contributed by atoms with Gasteiger partial charge in [-0.2, -0.15) is 0 Å². The molecular formula is C14H12O4. The molecule has 0 radical (unpaired) electrons. The maximum Gasteiger partial charge on any atom is 0.237 e. The smallest absolute Gasteiger partial charge is 0.237 e. The Hall–Kier alpha value is -2.16. The third kappa shape index (κ3) is 2.12. The summed E-state index contributed by atoms with van der Waals surface area (Å²) in [6, 6.07) is 9.33. The van der Waals surface area contributed by atoms with Crippen molar-refractivity contribution in [3.63, 3.8) is 0 Å². The summed E-state index contributed by atoms with van der Waals surface area (Å²) < 4.78 is 5.39. The molecule has 0 saturated carbocycles. The average molecular weight is 244 g/mol. The molecule has 92 valence electrons. The van der Waals surface area contributed by atoms with E-state index in [0.29, 0.717) is 5.57 Å². The minimum Gasteiger partial charge on any atom is -0.485 e. The highest BCUT2D eigenvalue weighted by atomic mass is 16.5. The molecule has 0 saturated heterocycles. The Morgan fingerprint density at radius 1 is 1.33 bits per heavy atom. The molecule has 0 aromatic heterocycles. The Morgan fingerprint density at radius 3 is 2.56 bits per heavy atom. The van der Waals surface area contributed by atoms with Crippen LogP contribution < -0.4 is 0 Å². The van der Waals surface area contributed by atoms with Gasteiger partial charge in [0.15, 0.2) is 5.76 Å². The van der Waals surface area contributed by atoms with Crippen molar-refractivity contribution in [3.8, 4) is 0 Å². The van der Waals surface area contributed by atoms with Gasteiger partial charge in [-0.1, -0.05) is 30.3 Å². The zero-order valence-electron chi connectivity index (χ0n) is 9.84. The van der Waals surface area contributed by atoms with Gasteiger partial charge in [0.05, 0.1) is 0 Å². The number of allylic oxidation sites excluding steroid dienone is 1. The molecule has 1 aliphatic rings. The first-order valence-electron chi connectivity index (χ1n) is 5.50. The number of ketones is 1. The van der Waals surface area contributed by atoms with Crippen LogP contribution in [-0.2, 0) is 20.9 Å². The lowest BCUT2D eigenvalue weighted by Crippen LogP contribution is -2.10. The van der Waals surface area contributed by atoms with E-state index in [1.54, 1.807) is 6.92 Å². The predicted octanol–water partition coefficient (Wildman–Crippen LogP) is 1.18. The highest BCUT2D eigenvalue weighted by Gasteiger charge is 2.36. The summed E-state index contributed by atoms with van der Waals surface area (Å²) in [7, 11) is 0. The summed E-state index contributed by atoms with van der Waals surface area (Å²) in [5, 5.41) is 9.64. The standard InChI is InChI=1S/C14H12O4/c1-9-12(16)11(7-15)13(17)14(9)18-8-10-5-3-2-4-6-10/h2-6,12,16H,8H2,1H3/t12-/m1/s1. The van der Waals surface area contributed by atoms with Crippen LogP contribution >= 0.6 is 0 Å². The third-order valence-electron chi connectivity index (χ3n) is 2.83. The Bertz CT molecular complexity index is 550. The van der Waals surface area contributed by atoms with Crippen molar-refractivity contribution in [2.45, 2.75) is 19.6 Å². The van der Waals surface area contributed by atoms with Crippen molar-refractivity contribution in [1.29, 1.82) is 0 Å². The molecule has 18 heavy (non-hydrogen) atoms. The van der Waals surface area contributed by atoms with E-state index in [4.69, 9.17) is 4.74 Å². The van der Waals surface area contributed by atoms with E-state index in [-0.39, 0.29) is 17.9 Å². The van der Waals surface area contributed by atoms with Crippen LogP contribution in [-0.4, -0.2) is 22.9 Å². The summed E-state index contributed by atoms with van der Waals surface area (Å²) in [6.45, 7) is 1.78. The van der Waals surface area contributed by atoms with Crippen LogP contribution in [0.15, 0.2) is 47.2 Å². The van der Waals surface area contributed by atoms with Crippen molar-refractivity contribution in [1.82, 2.24) is 0 Å². The first-order chi connectivity index (χ1) is 8.65. The minimum absolute atomic E-state index is 0.0460. The minimum atomic E-state index is -1.19. The second kappa shape index (κ2) is 5.00. The monoisotopic (exact) mass is 244 g/mol. The fourth-order valence-corrected chi connectivity index (χ4v) is 1.78. The van der Waals surface area contributed by atoms with E-state index in [1.807, 2.05) is 30.3 Å². The van der Waals surface area contributed by atoms with Crippen LogP contribution in [0.5, 0.6) is 0 Å². The molecule has 1 aromatic rings. The number of hydrogen-bond donors (Lipinski definition) is 1. The van der Waals surface area contributed by atoms with Gasteiger partial charge in [0.1, 0.15) is 24.2 Å². The Labute approximate surface area is 104 Å². The summed E-state index contributed by atoms with van der Waals surface area (Å²) in [4.78, 5) is 22.3. The van der Waals surface area contributed by atoms with E-state index in [1.165, 1.54) is 5.94 Å². The molecule has 4 nitrogen and oxygen atoms in total. The van der Waals surface area contributed by atoms with Gasteiger partial charge in [-0.05, 0) is 12.5 Å². The van der Waals surface area contributed by atoms with Gasteiger partial charge in [0.2, 0.25) is 5.78 Å². The van der Waals surface area contributed by atoms with E-state index < -0.39 is 11.9 Å². The fourth-order valence-electron chi connectivity index (χ4n) is 1.78. The number of benzene rings is 1. The predicted molar refractivity (Wildman–Crippen MR) is 64.2 cm³/mol. The summed E-state index contributed by atoms with van der Waals surface area (Å²) in [5.74, 6) is 0.936. The topological polar surface area (TPSA) is 63.6 Å². The first-order valence-corrected chi connectivity index (χ1v) is 5.50. The highest BCUT2D eigenvalue weighted by Crippen LogP contribution is 2.27. The summed E-state index contributed by atoms with van der Waals surface area (Å²) in [6.07, 6.45) is -1.19. The van der Waals surface area contributed by atoms with Crippen molar-refractivity contribution < 1.29 is 19.4 Å². The second-order valence-corrected chi connectivity index (χ2v) is 4.03. The number of ether oxygens (including phenoxy) is 1. The molecule has 0 amide bonds. The summed E-state index contributed by atoms with van der Waals surface area (Å²) >= 11 is 0. The molecule has 0 fully saturated rings. The quantitative estimate of drug-likeness (QED) is 0.640. The average Bonchev–Trinajstić information content (AvgIpc) is 2.60. The first kappa shape index (κ1) is 12.3. The lowest BCUT2D eigenvalue weighted by atomic mass is 10.1. The van der Waals surface area contributed by atoms with Crippen LogP contribution in [0.1, 0.15) is 12.5 Å². The van der Waals surface area contributed by atoms with Crippen LogP contribution in [0, 0.1) is 0 Å². The molecule has 1 aliphatic carbocycles. The SMILES string of the molecule is CC1=C(OCc2ccccc2)C(=O)C(=C=O)[C@@H]1O. The number of hydrogen-bond acceptors (Lipinski definition) is 4. The number of aliphatic hydroxyl groups is 1. The maximum atomic E-state index is 11.7. The molecule has 4 heteroatoms. The number of rotatable bonds is 3. The molecule has 1 N–H and O–H groups in total. The number of aliphatic hydroxyl groups excluding tert-OH is 1. The molecule has 0 bridgehead atoms. The highest BCUT2D eigenvalue weighted by molar-refractivity contribution is 6.16. The maximum absolute atomic E-state index is 11.7. The molecular weight excluding hydrogens is 232 g/mol. The van der Waals surface area contributed by atoms with Gasteiger partial charge in [-0.25, -0.2) is 4.79 Å².